The number of nitrogens with zero attached hydrogens (tertiary/aromatic N) is 8. The second kappa shape index (κ2) is 9.09. The van der Waals surface area contributed by atoms with E-state index in [1.54, 1.807) is 24.0 Å². The Morgan fingerprint density at radius 3 is 2.68 bits per heavy atom. The third-order valence-electron chi connectivity index (χ3n) is 6.35. The fourth-order valence-corrected chi connectivity index (χ4v) is 4.28. The predicted molar refractivity (Wildman–Crippen MR) is 135 cm³/mol. The van der Waals surface area contributed by atoms with E-state index in [9.17, 15) is 10.4 Å². The van der Waals surface area contributed by atoms with E-state index in [-0.39, 0.29) is 5.69 Å². The molecule has 2 N–H and O–H groups in total. The summed E-state index contributed by atoms with van der Waals surface area (Å²) in [5.74, 6) is 2.05. The lowest BCUT2D eigenvalue weighted by Gasteiger charge is -2.24. The maximum absolute atomic E-state index is 10.3. The molecule has 5 heterocycles. The van der Waals surface area contributed by atoms with Gasteiger partial charge in [0.15, 0.2) is 17.3 Å². The number of aryl methyl sites for hydroxylation is 1. The van der Waals surface area contributed by atoms with Crippen LogP contribution in [-0.4, -0.2) is 52.8 Å². The van der Waals surface area contributed by atoms with E-state index in [1.807, 2.05) is 54.0 Å². The normalized spacial score (nSPS) is 14.3. The summed E-state index contributed by atoms with van der Waals surface area (Å²) in [4.78, 5) is 9.37. The van der Waals surface area contributed by atoms with E-state index >= 15 is 0 Å². The van der Waals surface area contributed by atoms with Crippen molar-refractivity contribution >= 4 is 22.5 Å². The first-order valence-corrected chi connectivity index (χ1v) is 11.8. The summed E-state index contributed by atoms with van der Waals surface area (Å²) in [6, 6.07) is 17.1. The van der Waals surface area contributed by atoms with Crippen LogP contribution in [-0.2, 0) is 4.74 Å². The first-order chi connectivity index (χ1) is 18.0. The van der Waals surface area contributed by atoms with Crippen LogP contribution >= 0.6 is 0 Å². The van der Waals surface area contributed by atoms with Crippen LogP contribution in [0.5, 0.6) is 0 Å². The Hall–Kier alpha value is -4.66. The van der Waals surface area contributed by atoms with Gasteiger partial charge in [-0.1, -0.05) is 0 Å². The van der Waals surface area contributed by atoms with Crippen molar-refractivity contribution in [2.45, 2.75) is 25.9 Å². The number of aromatic nitrogens is 7. The summed E-state index contributed by atoms with van der Waals surface area (Å²) >= 11 is 0. The molecule has 0 bridgehead atoms. The molecule has 11 nitrogen and oxygen atoms in total. The second-order valence-corrected chi connectivity index (χ2v) is 8.97. The van der Waals surface area contributed by atoms with Crippen LogP contribution in [0.25, 0.3) is 22.7 Å². The summed E-state index contributed by atoms with van der Waals surface area (Å²) in [6.45, 7) is 4.91. The minimum Gasteiger partial charge on any atom is -0.389 e. The van der Waals surface area contributed by atoms with E-state index in [1.165, 1.54) is 0 Å². The number of nitrogens with one attached hydrogen (secondary N) is 1. The molecule has 37 heavy (non-hydrogen) atoms. The summed E-state index contributed by atoms with van der Waals surface area (Å²) in [5.41, 5.74) is 5.03. The Kier molecular flexibility index (Phi) is 5.60. The molecule has 1 aliphatic rings. The van der Waals surface area contributed by atoms with E-state index in [2.05, 4.69) is 31.7 Å². The van der Waals surface area contributed by atoms with Gasteiger partial charge in [-0.25, -0.2) is 14.6 Å². The molecule has 1 unspecified atom stereocenters. The maximum atomic E-state index is 10.3. The average Bonchev–Trinajstić information content (AvgIpc) is 3.46. The zero-order chi connectivity index (χ0) is 25.5. The molecule has 1 aromatic carbocycles. The number of anilines is 2. The standard InChI is InChI=1S/C26H23N9O2/c1-15-9-19(11-27)33-35(15)26-20(16(2)36)4-8-25(30-26)34-14-28-22-10-18(3-6-23(22)34)29-24-7-5-21(31-32-24)17-12-37-13-17/h3-10,14,16-17,36H,12-13H2,1-2H3,(H,29,32). The molecule has 0 amide bonds. The first kappa shape index (κ1) is 22.8. The van der Waals surface area contributed by atoms with E-state index in [4.69, 9.17) is 9.72 Å². The van der Waals surface area contributed by atoms with Crippen LogP contribution < -0.4 is 5.32 Å². The fourth-order valence-electron chi connectivity index (χ4n) is 4.28. The molecule has 184 valence electrons. The van der Waals surface area contributed by atoms with Gasteiger partial charge in [0, 0.05) is 22.9 Å². The summed E-state index contributed by atoms with van der Waals surface area (Å²) in [5, 5.41) is 35.8. The largest absolute Gasteiger partial charge is 0.389 e. The monoisotopic (exact) mass is 493 g/mol. The number of hydrogen-bond donors (Lipinski definition) is 2. The number of aliphatic hydroxyl groups is 1. The smallest absolute Gasteiger partial charge is 0.163 e. The van der Waals surface area contributed by atoms with E-state index in [0.717, 1.165) is 28.1 Å². The molecule has 0 spiro atoms. The van der Waals surface area contributed by atoms with Crippen molar-refractivity contribution < 1.29 is 9.84 Å². The topological polar surface area (TPSA) is 140 Å². The number of ether oxygens (including phenoxy) is 1. The molecule has 0 radical (unpaired) electrons. The molecule has 6 rings (SSSR count). The second-order valence-electron chi connectivity index (χ2n) is 8.97. The van der Waals surface area contributed by atoms with Gasteiger partial charge in [0.2, 0.25) is 0 Å². The van der Waals surface area contributed by atoms with Gasteiger partial charge in [-0.2, -0.15) is 15.5 Å². The molecule has 4 aromatic heterocycles. The molecule has 0 aliphatic carbocycles. The van der Waals surface area contributed by atoms with E-state index in [0.29, 0.717) is 42.1 Å². The Bertz CT molecular complexity index is 1640. The van der Waals surface area contributed by atoms with Gasteiger partial charge in [-0.05, 0) is 62.4 Å². The van der Waals surface area contributed by atoms with Crippen LogP contribution in [0.2, 0.25) is 0 Å². The SMILES string of the molecule is Cc1cc(C#N)nn1-c1nc(-n2cnc3cc(Nc4ccc(C5COC5)nn4)ccc32)ccc1C(C)O. The van der Waals surface area contributed by atoms with Crippen molar-refractivity contribution in [2.24, 2.45) is 0 Å². The van der Waals surface area contributed by atoms with Gasteiger partial charge in [-0.15, -0.1) is 5.10 Å². The Balaban J connectivity index is 1.32. The molecule has 11 heteroatoms. The molecule has 1 aliphatic heterocycles. The molecule has 1 fully saturated rings. The highest BCUT2D eigenvalue weighted by Gasteiger charge is 2.22. The van der Waals surface area contributed by atoms with Crippen molar-refractivity contribution in [1.82, 2.24) is 34.5 Å². The molecule has 1 atom stereocenters. The Morgan fingerprint density at radius 1 is 1.14 bits per heavy atom. The number of benzene rings is 1. The maximum Gasteiger partial charge on any atom is 0.163 e. The molecule has 0 saturated carbocycles. The highest BCUT2D eigenvalue weighted by Crippen LogP contribution is 2.27. The van der Waals surface area contributed by atoms with Crippen molar-refractivity contribution in [3.05, 3.63) is 77.5 Å². The van der Waals surface area contributed by atoms with Gasteiger partial charge >= 0.3 is 0 Å². The highest BCUT2D eigenvalue weighted by molar-refractivity contribution is 5.82. The third-order valence-corrected chi connectivity index (χ3v) is 6.35. The van der Waals surface area contributed by atoms with Crippen LogP contribution in [0.4, 0.5) is 11.5 Å². The zero-order valence-electron chi connectivity index (χ0n) is 20.2. The van der Waals surface area contributed by atoms with Gasteiger partial charge in [0.05, 0.1) is 36.0 Å². The Labute approximate surface area is 212 Å². The molecule has 5 aromatic rings. The van der Waals surface area contributed by atoms with Crippen LogP contribution in [0.1, 0.15) is 41.6 Å². The third kappa shape index (κ3) is 4.18. The highest BCUT2D eigenvalue weighted by atomic mass is 16.5. The van der Waals surface area contributed by atoms with Crippen LogP contribution in [0.3, 0.4) is 0 Å². The lowest BCUT2D eigenvalue weighted by atomic mass is 10.0. The lowest BCUT2D eigenvalue weighted by Crippen LogP contribution is -2.26. The van der Waals surface area contributed by atoms with Crippen molar-refractivity contribution in [3.63, 3.8) is 0 Å². The average molecular weight is 494 g/mol. The Morgan fingerprint density at radius 2 is 2.00 bits per heavy atom. The number of hydrogen-bond acceptors (Lipinski definition) is 9. The number of rotatable bonds is 6. The number of aliphatic hydroxyl groups excluding tert-OH is 1. The minimum atomic E-state index is -0.766. The lowest BCUT2D eigenvalue weighted by molar-refractivity contribution is 0.00638. The van der Waals surface area contributed by atoms with E-state index < -0.39 is 6.10 Å². The van der Waals surface area contributed by atoms with Crippen LogP contribution in [0.15, 0.2) is 54.9 Å². The van der Waals surface area contributed by atoms with Crippen LogP contribution in [0, 0.1) is 18.3 Å². The first-order valence-electron chi connectivity index (χ1n) is 11.8. The summed E-state index contributed by atoms with van der Waals surface area (Å²) in [6.07, 6.45) is 0.937. The number of nitriles is 1. The fraction of sp³-hybridized carbons (Fsp3) is 0.231. The summed E-state index contributed by atoms with van der Waals surface area (Å²) < 4.78 is 8.67. The predicted octanol–water partition coefficient (Wildman–Crippen LogP) is 3.49. The molecule has 1 saturated heterocycles. The van der Waals surface area contributed by atoms with Crippen molar-refractivity contribution in [1.29, 1.82) is 5.26 Å². The quantitative estimate of drug-likeness (QED) is 0.364. The van der Waals surface area contributed by atoms with Crippen molar-refractivity contribution in [2.75, 3.05) is 18.5 Å². The van der Waals surface area contributed by atoms with Gasteiger partial charge in [-0.3, -0.25) is 4.57 Å². The van der Waals surface area contributed by atoms with Gasteiger partial charge in [0.1, 0.15) is 18.2 Å². The number of imidazole rings is 1. The van der Waals surface area contributed by atoms with Gasteiger partial charge < -0.3 is 15.2 Å². The number of pyridine rings is 1. The molecular weight excluding hydrogens is 470 g/mol. The van der Waals surface area contributed by atoms with Crippen molar-refractivity contribution in [3.8, 4) is 17.7 Å². The number of fused-ring (bicyclic) bond motifs is 1. The summed E-state index contributed by atoms with van der Waals surface area (Å²) in [7, 11) is 0. The minimum absolute atomic E-state index is 0.283. The van der Waals surface area contributed by atoms with Gasteiger partial charge in [0.25, 0.3) is 0 Å². The molecular formula is C26H23N9O2. The zero-order valence-corrected chi connectivity index (χ0v) is 20.2.